The van der Waals surface area contributed by atoms with E-state index in [0.29, 0.717) is 13.1 Å². The Bertz CT molecular complexity index is 957. The van der Waals surface area contributed by atoms with Crippen molar-refractivity contribution in [3.05, 3.63) is 52.8 Å². The average molecular weight is 466 g/mol. The lowest BCUT2D eigenvalue weighted by molar-refractivity contribution is -0.127. The first-order valence-electron chi connectivity index (χ1n) is 12.9. The van der Waals surface area contributed by atoms with Crippen LogP contribution < -0.4 is 10.6 Å². The number of hydrogen-bond donors (Lipinski definition) is 2. The van der Waals surface area contributed by atoms with Crippen molar-refractivity contribution in [1.29, 1.82) is 0 Å². The molecule has 7 heteroatoms. The fraction of sp³-hybridized carbons (Fsp3) is 0.593. The number of likely N-dealkylation sites (tertiary alicyclic amines) is 1. The molecule has 0 radical (unpaired) electrons. The second-order valence-corrected chi connectivity index (χ2v) is 9.96. The molecular weight excluding hydrogens is 426 g/mol. The third kappa shape index (κ3) is 6.47. The number of carbonyl (C=O) groups excluding carboxylic acids is 2. The van der Waals surface area contributed by atoms with Gasteiger partial charge in [-0.15, -0.1) is 0 Å². The van der Waals surface area contributed by atoms with Crippen LogP contribution in [0.1, 0.15) is 67.5 Å². The van der Waals surface area contributed by atoms with Crippen LogP contribution in [-0.4, -0.2) is 52.2 Å². The van der Waals surface area contributed by atoms with Gasteiger partial charge in [-0.25, -0.2) is 0 Å². The second kappa shape index (κ2) is 11.6. The van der Waals surface area contributed by atoms with E-state index in [4.69, 9.17) is 0 Å². The Kier molecular flexibility index (Phi) is 8.38. The molecule has 34 heavy (non-hydrogen) atoms. The predicted molar refractivity (Wildman–Crippen MR) is 133 cm³/mol. The van der Waals surface area contributed by atoms with Crippen LogP contribution in [0.4, 0.5) is 0 Å². The zero-order valence-corrected chi connectivity index (χ0v) is 20.7. The van der Waals surface area contributed by atoms with Gasteiger partial charge in [-0.2, -0.15) is 5.10 Å². The largest absolute Gasteiger partial charge is 0.353 e. The summed E-state index contributed by atoms with van der Waals surface area (Å²) in [5.41, 5.74) is 4.36. The van der Waals surface area contributed by atoms with Crippen LogP contribution in [0.3, 0.4) is 0 Å². The summed E-state index contributed by atoms with van der Waals surface area (Å²) in [6.45, 7) is 7.39. The summed E-state index contributed by atoms with van der Waals surface area (Å²) in [6.07, 6.45) is 7.52. The highest BCUT2D eigenvalue weighted by atomic mass is 16.2. The molecule has 0 spiro atoms. The number of aromatic nitrogens is 2. The van der Waals surface area contributed by atoms with Gasteiger partial charge in [0.05, 0.1) is 18.8 Å². The molecule has 2 N–H and O–H groups in total. The number of rotatable bonds is 8. The molecule has 4 rings (SSSR count). The van der Waals surface area contributed by atoms with Crippen molar-refractivity contribution in [2.24, 2.45) is 5.92 Å². The molecule has 2 heterocycles. The van der Waals surface area contributed by atoms with E-state index in [-0.39, 0.29) is 23.8 Å². The van der Waals surface area contributed by atoms with Crippen molar-refractivity contribution in [2.75, 3.05) is 19.6 Å². The van der Waals surface area contributed by atoms with E-state index in [1.165, 1.54) is 24.8 Å². The summed E-state index contributed by atoms with van der Waals surface area (Å²) in [5, 5.41) is 11.0. The molecule has 1 aliphatic carbocycles. The summed E-state index contributed by atoms with van der Waals surface area (Å²) in [4.78, 5) is 27.3. The Hall–Kier alpha value is -2.67. The number of piperidine rings is 1. The number of hydrogen-bond acceptors (Lipinski definition) is 4. The van der Waals surface area contributed by atoms with E-state index in [1.54, 1.807) is 0 Å². The fourth-order valence-electron chi connectivity index (χ4n) is 5.27. The summed E-state index contributed by atoms with van der Waals surface area (Å²) in [5.74, 6) is 0.496. The zero-order valence-electron chi connectivity index (χ0n) is 20.7. The monoisotopic (exact) mass is 465 g/mol. The molecule has 2 amide bonds. The molecule has 0 atom stereocenters. The molecule has 1 aromatic heterocycles. The van der Waals surface area contributed by atoms with Crippen molar-refractivity contribution in [3.8, 4) is 0 Å². The third-order valence-corrected chi connectivity index (χ3v) is 7.45. The van der Waals surface area contributed by atoms with E-state index in [1.807, 2.05) is 29.8 Å². The Morgan fingerprint density at radius 1 is 1.00 bits per heavy atom. The number of benzene rings is 1. The highest BCUT2D eigenvalue weighted by molar-refractivity contribution is 5.79. The molecule has 7 nitrogen and oxygen atoms in total. The summed E-state index contributed by atoms with van der Waals surface area (Å²) in [6, 6.07) is 10.5. The van der Waals surface area contributed by atoms with E-state index in [2.05, 4.69) is 39.7 Å². The van der Waals surface area contributed by atoms with Gasteiger partial charge >= 0.3 is 0 Å². The number of aryl methyl sites for hydroxylation is 1. The third-order valence-electron chi connectivity index (χ3n) is 7.45. The standard InChI is InChI=1S/C27H39N5O2/c1-20-25(21(2)32(30-20)18-22-9-5-3-6-10-22)17-28-26(33)19-31-15-13-24(14-16-31)29-27(34)23-11-7-4-8-12-23/h3,5-6,9-10,23-24H,4,7-8,11-19H2,1-2H3,(H,28,33)(H,29,34). The van der Waals surface area contributed by atoms with Crippen LogP contribution in [0.15, 0.2) is 30.3 Å². The van der Waals surface area contributed by atoms with Crippen LogP contribution in [0.2, 0.25) is 0 Å². The highest BCUT2D eigenvalue weighted by Crippen LogP contribution is 2.24. The quantitative estimate of drug-likeness (QED) is 0.627. The maximum Gasteiger partial charge on any atom is 0.234 e. The lowest BCUT2D eigenvalue weighted by Crippen LogP contribution is -2.48. The predicted octanol–water partition coefficient (Wildman–Crippen LogP) is 3.33. The molecule has 0 bridgehead atoms. The SMILES string of the molecule is Cc1nn(Cc2ccccc2)c(C)c1CNC(=O)CN1CCC(NC(=O)C2CCCCC2)CC1. The molecule has 1 aliphatic heterocycles. The minimum absolute atomic E-state index is 0.0410. The van der Waals surface area contributed by atoms with Gasteiger partial charge < -0.3 is 10.6 Å². The molecule has 2 aromatic rings. The van der Waals surface area contributed by atoms with Crippen molar-refractivity contribution < 1.29 is 9.59 Å². The first-order valence-corrected chi connectivity index (χ1v) is 12.9. The van der Waals surface area contributed by atoms with Crippen LogP contribution in [-0.2, 0) is 22.7 Å². The molecule has 2 fully saturated rings. The highest BCUT2D eigenvalue weighted by Gasteiger charge is 2.26. The normalized spacial score (nSPS) is 18.1. The Balaban J connectivity index is 1.19. The zero-order chi connectivity index (χ0) is 23.9. The Morgan fingerprint density at radius 3 is 2.41 bits per heavy atom. The first-order chi connectivity index (χ1) is 16.5. The molecule has 1 aromatic carbocycles. The second-order valence-electron chi connectivity index (χ2n) is 9.96. The van der Waals surface area contributed by atoms with Gasteiger partial charge in [0.2, 0.25) is 11.8 Å². The van der Waals surface area contributed by atoms with Crippen LogP contribution >= 0.6 is 0 Å². The number of amides is 2. The Morgan fingerprint density at radius 2 is 1.71 bits per heavy atom. The van der Waals surface area contributed by atoms with E-state index in [0.717, 1.165) is 62.3 Å². The molecule has 1 saturated heterocycles. The van der Waals surface area contributed by atoms with Crippen molar-refractivity contribution >= 4 is 11.8 Å². The van der Waals surface area contributed by atoms with Crippen molar-refractivity contribution in [1.82, 2.24) is 25.3 Å². The molecule has 2 aliphatic rings. The van der Waals surface area contributed by atoms with Gasteiger partial charge in [0.1, 0.15) is 0 Å². The van der Waals surface area contributed by atoms with Gasteiger partial charge in [0.25, 0.3) is 0 Å². The fourth-order valence-corrected chi connectivity index (χ4v) is 5.27. The number of carbonyl (C=O) groups is 2. The summed E-state index contributed by atoms with van der Waals surface area (Å²) < 4.78 is 2.01. The van der Waals surface area contributed by atoms with Gasteiger partial charge in [-0.1, -0.05) is 49.6 Å². The van der Waals surface area contributed by atoms with Gasteiger partial charge in [-0.3, -0.25) is 19.2 Å². The topological polar surface area (TPSA) is 79.3 Å². The molecule has 184 valence electrons. The maximum absolute atomic E-state index is 12.6. The van der Waals surface area contributed by atoms with Crippen LogP contribution in [0, 0.1) is 19.8 Å². The number of nitrogens with one attached hydrogen (secondary N) is 2. The van der Waals surface area contributed by atoms with Crippen molar-refractivity contribution in [3.63, 3.8) is 0 Å². The van der Waals surface area contributed by atoms with Gasteiger partial charge in [0, 0.05) is 42.9 Å². The average Bonchev–Trinajstić information content (AvgIpc) is 3.12. The minimum atomic E-state index is 0.0410. The minimum Gasteiger partial charge on any atom is -0.353 e. The van der Waals surface area contributed by atoms with Gasteiger partial charge in [0.15, 0.2) is 0 Å². The first kappa shape index (κ1) is 24.5. The smallest absolute Gasteiger partial charge is 0.234 e. The number of nitrogens with zero attached hydrogens (tertiary/aromatic N) is 3. The van der Waals surface area contributed by atoms with Gasteiger partial charge in [-0.05, 0) is 45.1 Å². The van der Waals surface area contributed by atoms with Crippen LogP contribution in [0.5, 0.6) is 0 Å². The van der Waals surface area contributed by atoms with Crippen molar-refractivity contribution in [2.45, 2.75) is 77.9 Å². The van der Waals surface area contributed by atoms with E-state index < -0.39 is 0 Å². The summed E-state index contributed by atoms with van der Waals surface area (Å²) in [7, 11) is 0. The van der Waals surface area contributed by atoms with E-state index >= 15 is 0 Å². The molecule has 0 unspecified atom stereocenters. The summed E-state index contributed by atoms with van der Waals surface area (Å²) >= 11 is 0. The van der Waals surface area contributed by atoms with E-state index in [9.17, 15) is 9.59 Å². The molecule has 1 saturated carbocycles. The molecular formula is C27H39N5O2. The maximum atomic E-state index is 12.6. The lowest BCUT2D eigenvalue weighted by atomic mass is 9.88. The van der Waals surface area contributed by atoms with Crippen LogP contribution in [0.25, 0.3) is 0 Å². The Labute approximate surface area is 203 Å². The lowest BCUT2D eigenvalue weighted by Gasteiger charge is -2.33.